The highest BCUT2D eigenvalue weighted by Gasteiger charge is 2.42. The van der Waals surface area contributed by atoms with Crippen molar-refractivity contribution in [2.75, 3.05) is 32.8 Å². The lowest BCUT2D eigenvalue weighted by molar-refractivity contribution is -0.137. The van der Waals surface area contributed by atoms with E-state index in [0.29, 0.717) is 31.0 Å². The van der Waals surface area contributed by atoms with E-state index in [4.69, 9.17) is 4.74 Å². The van der Waals surface area contributed by atoms with E-state index in [1.807, 2.05) is 29.2 Å². The van der Waals surface area contributed by atoms with Crippen LogP contribution in [0.2, 0.25) is 0 Å². The monoisotopic (exact) mass is 414 g/mol. The minimum absolute atomic E-state index is 0.102. The lowest BCUT2D eigenvalue weighted by Crippen LogP contribution is -2.40. The molecule has 0 spiro atoms. The zero-order valence-corrected chi connectivity index (χ0v) is 18.2. The van der Waals surface area contributed by atoms with E-state index in [1.54, 1.807) is 0 Å². The Kier molecular flexibility index (Phi) is 7.91. The van der Waals surface area contributed by atoms with Crippen LogP contribution in [0.4, 0.5) is 0 Å². The molecule has 1 aromatic carbocycles. The molecule has 0 bridgehead atoms. The molecule has 2 heterocycles. The third-order valence-electron chi connectivity index (χ3n) is 5.84. The number of nitrogens with zero attached hydrogens (tertiary/aromatic N) is 2. The molecular formula is C24H34N2O4. The Morgan fingerprint density at radius 1 is 1.07 bits per heavy atom. The minimum Gasteiger partial charge on any atom is -0.494 e. The molecule has 0 aliphatic carbocycles. The molecule has 2 aliphatic rings. The maximum atomic E-state index is 13.3. The first-order valence-electron chi connectivity index (χ1n) is 11.3. The number of piperidine rings is 1. The Labute approximate surface area is 179 Å². The molecule has 2 aliphatic heterocycles. The summed E-state index contributed by atoms with van der Waals surface area (Å²) in [6, 6.07) is 7.46. The van der Waals surface area contributed by atoms with E-state index in [1.165, 1.54) is 4.90 Å². The van der Waals surface area contributed by atoms with E-state index in [-0.39, 0.29) is 24.3 Å². The fourth-order valence-corrected chi connectivity index (χ4v) is 4.19. The van der Waals surface area contributed by atoms with Crippen molar-refractivity contribution in [2.45, 2.75) is 52.4 Å². The first kappa shape index (κ1) is 22.3. The molecule has 1 aromatic rings. The molecule has 1 N–H and O–H groups in total. The molecule has 164 valence electrons. The number of imide groups is 1. The second-order valence-electron chi connectivity index (χ2n) is 8.20. The van der Waals surface area contributed by atoms with Gasteiger partial charge in [-0.05, 0) is 49.3 Å². The highest BCUT2D eigenvalue weighted by Crippen LogP contribution is 2.34. The number of hydrogen-bond donors (Lipinski definition) is 1. The van der Waals surface area contributed by atoms with Crippen molar-refractivity contribution in [1.29, 1.82) is 0 Å². The van der Waals surface area contributed by atoms with Crippen LogP contribution in [-0.2, 0) is 9.59 Å². The van der Waals surface area contributed by atoms with Gasteiger partial charge >= 0.3 is 0 Å². The molecule has 1 unspecified atom stereocenters. The Hall–Kier alpha value is -2.34. The maximum Gasteiger partial charge on any atom is 0.277 e. The number of carbonyl (C=O) groups excluding carboxylic acids is 2. The largest absolute Gasteiger partial charge is 0.494 e. The molecule has 0 saturated carbocycles. The van der Waals surface area contributed by atoms with Crippen LogP contribution < -0.4 is 4.74 Å². The van der Waals surface area contributed by atoms with Crippen molar-refractivity contribution in [3.05, 3.63) is 35.5 Å². The summed E-state index contributed by atoms with van der Waals surface area (Å²) in [5.74, 6) is 0.488. The molecule has 6 nitrogen and oxygen atoms in total. The summed E-state index contributed by atoms with van der Waals surface area (Å²) < 4.78 is 5.66. The van der Waals surface area contributed by atoms with Gasteiger partial charge < -0.3 is 14.7 Å². The number of aliphatic hydroxyl groups is 1. The number of carbonyl (C=O) groups is 2. The Morgan fingerprint density at radius 2 is 1.83 bits per heavy atom. The summed E-state index contributed by atoms with van der Waals surface area (Å²) in [5.41, 5.74) is 1.73. The van der Waals surface area contributed by atoms with Gasteiger partial charge in [-0.3, -0.25) is 14.5 Å². The van der Waals surface area contributed by atoms with Crippen LogP contribution in [0.1, 0.15) is 57.9 Å². The summed E-state index contributed by atoms with van der Waals surface area (Å²) in [6.07, 6.45) is 5.62. The van der Waals surface area contributed by atoms with Gasteiger partial charge in [0.05, 0.1) is 12.2 Å². The van der Waals surface area contributed by atoms with E-state index < -0.39 is 0 Å². The van der Waals surface area contributed by atoms with Crippen molar-refractivity contribution in [1.82, 2.24) is 9.80 Å². The lowest BCUT2D eigenvalue weighted by Gasteiger charge is -2.34. The molecule has 1 saturated heterocycles. The molecule has 0 radical (unpaired) electrons. The zero-order valence-electron chi connectivity index (χ0n) is 18.2. The number of benzene rings is 1. The third-order valence-corrected chi connectivity index (χ3v) is 5.84. The highest BCUT2D eigenvalue weighted by molar-refractivity contribution is 6.35. The van der Waals surface area contributed by atoms with Crippen LogP contribution in [0.3, 0.4) is 0 Å². The lowest BCUT2D eigenvalue weighted by atomic mass is 9.97. The normalized spacial score (nSPS) is 19.8. The Balaban J connectivity index is 1.92. The third kappa shape index (κ3) is 4.86. The van der Waals surface area contributed by atoms with Crippen LogP contribution in [0.5, 0.6) is 5.75 Å². The van der Waals surface area contributed by atoms with Crippen LogP contribution >= 0.6 is 0 Å². The van der Waals surface area contributed by atoms with Crippen molar-refractivity contribution in [3.8, 4) is 5.75 Å². The van der Waals surface area contributed by atoms with Gasteiger partial charge in [0, 0.05) is 26.2 Å². The summed E-state index contributed by atoms with van der Waals surface area (Å²) in [5, 5.41) is 9.63. The van der Waals surface area contributed by atoms with E-state index in [9.17, 15) is 14.7 Å². The molecule has 30 heavy (non-hydrogen) atoms. The molecule has 0 aromatic heterocycles. The van der Waals surface area contributed by atoms with Crippen molar-refractivity contribution in [2.24, 2.45) is 5.92 Å². The average Bonchev–Trinajstić information content (AvgIpc) is 3.03. The quantitative estimate of drug-likeness (QED) is 0.469. The maximum absolute atomic E-state index is 13.3. The Morgan fingerprint density at radius 3 is 2.50 bits per heavy atom. The molecule has 1 atom stereocenters. The van der Waals surface area contributed by atoms with Gasteiger partial charge in [-0.15, -0.1) is 0 Å². The molecular weight excluding hydrogens is 380 g/mol. The number of ether oxygens (including phenoxy) is 1. The number of aliphatic hydroxyl groups excluding tert-OH is 1. The Bertz CT molecular complexity index is 772. The number of hydrogen-bond acceptors (Lipinski definition) is 5. The van der Waals surface area contributed by atoms with Crippen molar-refractivity contribution >= 4 is 17.4 Å². The minimum atomic E-state index is -0.209. The van der Waals surface area contributed by atoms with Gasteiger partial charge in [-0.2, -0.15) is 0 Å². The van der Waals surface area contributed by atoms with Gasteiger partial charge in [0.25, 0.3) is 11.8 Å². The SMILES string of the molecule is CCCCCN1C(=O)C(c2ccc(OCCC)cc2)=C(N2CCCC(CO)C2)C1=O. The van der Waals surface area contributed by atoms with Crippen molar-refractivity contribution < 1.29 is 19.4 Å². The fourth-order valence-electron chi connectivity index (χ4n) is 4.19. The van der Waals surface area contributed by atoms with E-state index >= 15 is 0 Å². The summed E-state index contributed by atoms with van der Waals surface area (Å²) >= 11 is 0. The van der Waals surface area contributed by atoms with Gasteiger partial charge in [0.1, 0.15) is 11.4 Å². The predicted molar refractivity (Wildman–Crippen MR) is 117 cm³/mol. The van der Waals surface area contributed by atoms with Gasteiger partial charge in [0.15, 0.2) is 0 Å². The second kappa shape index (κ2) is 10.6. The van der Waals surface area contributed by atoms with Crippen molar-refractivity contribution in [3.63, 3.8) is 0 Å². The summed E-state index contributed by atoms with van der Waals surface area (Å²) in [4.78, 5) is 30.0. The van der Waals surface area contributed by atoms with Crippen LogP contribution in [-0.4, -0.2) is 59.6 Å². The van der Waals surface area contributed by atoms with Crippen LogP contribution in [0.15, 0.2) is 30.0 Å². The predicted octanol–water partition coefficient (Wildman–Crippen LogP) is 3.45. The van der Waals surface area contributed by atoms with Gasteiger partial charge in [0.2, 0.25) is 0 Å². The average molecular weight is 415 g/mol. The number of likely N-dealkylation sites (tertiary alicyclic amines) is 1. The van der Waals surface area contributed by atoms with Crippen LogP contribution in [0.25, 0.3) is 5.57 Å². The summed E-state index contributed by atoms with van der Waals surface area (Å²) in [6.45, 7) is 6.70. The topological polar surface area (TPSA) is 70.1 Å². The fraction of sp³-hybridized carbons (Fsp3) is 0.583. The van der Waals surface area contributed by atoms with E-state index in [0.717, 1.165) is 56.4 Å². The zero-order chi connectivity index (χ0) is 21.5. The first-order valence-corrected chi connectivity index (χ1v) is 11.3. The second-order valence-corrected chi connectivity index (χ2v) is 8.20. The number of unbranched alkanes of at least 4 members (excludes halogenated alkanes) is 2. The van der Waals surface area contributed by atoms with Crippen LogP contribution in [0, 0.1) is 5.92 Å². The summed E-state index contributed by atoms with van der Waals surface area (Å²) in [7, 11) is 0. The molecule has 1 fully saturated rings. The standard InChI is InChI=1S/C24H34N2O4/c1-3-5-6-14-26-23(28)21(19-9-11-20(12-10-19)30-15-4-2)22(24(26)29)25-13-7-8-18(16-25)17-27/h9-12,18,27H,3-8,13-17H2,1-2H3. The first-order chi connectivity index (χ1) is 14.6. The van der Waals surface area contributed by atoms with E-state index in [2.05, 4.69) is 13.8 Å². The van der Waals surface area contributed by atoms with Gasteiger partial charge in [-0.25, -0.2) is 0 Å². The number of rotatable bonds is 10. The van der Waals surface area contributed by atoms with Gasteiger partial charge in [-0.1, -0.05) is 38.8 Å². The highest BCUT2D eigenvalue weighted by atomic mass is 16.5. The molecule has 6 heteroatoms. The molecule has 3 rings (SSSR count). The number of amides is 2. The smallest absolute Gasteiger partial charge is 0.277 e. The molecule has 2 amide bonds.